The predicted molar refractivity (Wildman–Crippen MR) is 74.2 cm³/mol. The number of benzene rings is 1. The third-order valence-electron chi connectivity index (χ3n) is 3.25. The van der Waals surface area contributed by atoms with Crippen LogP contribution in [0, 0.1) is 11.6 Å². The van der Waals surface area contributed by atoms with Gasteiger partial charge in [-0.1, -0.05) is 0 Å². The fraction of sp³-hybridized carbons (Fsp3) is 0.462. The lowest BCUT2D eigenvalue weighted by Crippen LogP contribution is -2.39. The molecule has 0 unspecified atom stereocenters. The smallest absolute Gasteiger partial charge is 0.225 e. The normalized spacial score (nSPS) is 18.4. The SMILES string of the molecule is O=C(CCN1CCCCS1(=O)=O)Nc1ccc(F)cc1F. The van der Waals surface area contributed by atoms with Gasteiger partial charge in [-0.3, -0.25) is 4.79 Å². The Kier molecular flexibility index (Phi) is 4.89. The molecule has 8 heteroatoms. The second kappa shape index (κ2) is 6.48. The molecule has 0 atom stereocenters. The van der Waals surface area contributed by atoms with Crippen LogP contribution in [0.1, 0.15) is 19.3 Å². The van der Waals surface area contributed by atoms with Crippen LogP contribution in [-0.4, -0.2) is 37.5 Å². The minimum Gasteiger partial charge on any atom is -0.324 e. The molecule has 0 saturated carbocycles. The van der Waals surface area contributed by atoms with Crippen molar-refractivity contribution >= 4 is 21.6 Å². The van der Waals surface area contributed by atoms with Crippen molar-refractivity contribution in [1.29, 1.82) is 0 Å². The van der Waals surface area contributed by atoms with Crippen molar-refractivity contribution in [2.24, 2.45) is 0 Å². The summed E-state index contributed by atoms with van der Waals surface area (Å²) >= 11 is 0. The zero-order valence-corrected chi connectivity index (χ0v) is 12.1. The lowest BCUT2D eigenvalue weighted by molar-refractivity contribution is -0.116. The third kappa shape index (κ3) is 4.21. The van der Waals surface area contributed by atoms with Crippen LogP contribution < -0.4 is 5.32 Å². The van der Waals surface area contributed by atoms with E-state index < -0.39 is 27.6 Å². The molecule has 1 aromatic carbocycles. The quantitative estimate of drug-likeness (QED) is 0.919. The summed E-state index contributed by atoms with van der Waals surface area (Å²) < 4.78 is 50.9. The summed E-state index contributed by atoms with van der Waals surface area (Å²) in [6.07, 6.45) is 1.33. The molecule has 0 aliphatic carbocycles. The van der Waals surface area contributed by atoms with Crippen molar-refractivity contribution in [3.63, 3.8) is 0 Å². The van der Waals surface area contributed by atoms with E-state index in [-0.39, 0.29) is 24.4 Å². The van der Waals surface area contributed by atoms with Gasteiger partial charge >= 0.3 is 0 Å². The maximum absolute atomic E-state index is 13.4. The summed E-state index contributed by atoms with van der Waals surface area (Å²) in [4.78, 5) is 11.7. The molecule has 2 rings (SSSR count). The van der Waals surface area contributed by atoms with E-state index in [0.717, 1.165) is 18.6 Å². The molecule has 1 aromatic rings. The van der Waals surface area contributed by atoms with Crippen LogP contribution in [0.3, 0.4) is 0 Å². The molecule has 1 saturated heterocycles. The van der Waals surface area contributed by atoms with Gasteiger partial charge in [0, 0.05) is 25.6 Å². The molecule has 0 radical (unpaired) electrons. The third-order valence-corrected chi connectivity index (χ3v) is 5.20. The summed E-state index contributed by atoms with van der Waals surface area (Å²) in [6, 6.07) is 2.83. The summed E-state index contributed by atoms with van der Waals surface area (Å²) in [5.74, 6) is -2.01. The Labute approximate surface area is 122 Å². The average Bonchev–Trinajstić information content (AvgIpc) is 2.40. The van der Waals surface area contributed by atoms with Crippen LogP contribution in [0.2, 0.25) is 0 Å². The maximum Gasteiger partial charge on any atom is 0.225 e. The number of hydrogen-bond acceptors (Lipinski definition) is 3. The molecule has 1 amide bonds. The highest BCUT2D eigenvalue weighted by atomic mass is 32.2. The van der Waals surface area contributed by atoms with Crippen molar-refractivity contribution in [3.8, 4) is 0 Å². The fourth-order valence-corrected chi connectivity index (χ4v) is 3.73. The van der Waals surface area contributed by atoms with Crippen molar-refractivity contribution < 1.29 is 22.0 Å². The highest BCUT2D eigenvalue weighted by Crippen LogP contribution is 2.16. The Morgan fingerprint density at radius 3 is 2.71 bits per heavy atom. The number of nitrogens with zero attached hydrogens (tertiary/aromatic N) is 1. The molecular weight excluding hydrogens is 302 g/mol. The summed E-state index contributed by atoms with van der Waals surface area (Å²) in [7, 11) is -3.28. The number of rotatable bonds is 4. The van der Waals surface area contributed by atoms with Crippen LogP contribution >= 0.6 is 0 Å². The van der Waals surface area contributed by atoms with Gasteiger partial charge in [0.05, 0.1) is 11.4 Å². The van der Waals surface area contributed by atoms with Crippen LogP contribution in [0.5, 0.6) is 0 Å². The topological polar surface area (TPSA) is 66.5 Å². The molecular formula is C13H16F2N2O3S. The molecule has 0 bridgehead atoms. The van der Waals surface area contributed by atoms with Crippen molar-refractivity contribution in [2.45, 2.75) is 19.3 Å². The fourth-order valence-electron chi connectivity index (χ4n) is 2.12. The van der Waals surface area contributed by atoms with Crippen molar-refractivity contribution in [1.82, 2.24) is 4.31 Å². The van der Waals surface area contributed by atoms with Crippen LogP contribution in [0.15, 0.2) is 18.2 Å². The number of hydrogen-bond donors (Lipinski definition) is 1. The van der Waals surface area contributed by atoms with E-state index in [4.69, 9.17) is 0 Å². The molecule has 1 heterocycles. The van der Waals surface area contributed by atoms with Gasteiger partial charge in [-0.15, -0.1) is 0 Å². The molecule has 0 spiro atoms. The van der Waals surface area contributed by atoms with E-state index in [1.54, 1.807) is 0 Å². The molecule has 0 aromatic heterocycles. The van der Waals surface area contributed by atoms with Crippen LogP contribution in [-0.2, 0) is 14.8 Å². The lowest BCUT2D eigenvalue weighted by atomic mass is 10.2. The van der Waals surface area contributed by atoms with Gasteiger partial charge in [0.2, 0.25) is 15.9 Å². The van der Waals surface area contributed by atoms with Gasteiger partial charge in [-0.25, -0.2) is 21.5 Å². The van der Waals surface area contributed by atoms with Gasteiger partial charge in [-0.2, -0.15) is 0 Å². The van der Waals surface area contributed by atoms with E-state index in [1.165, 1.54) is 4.31 Å². The highest BCUT2D eigenvalue weighted by Gasteiger charge is 2.25. The number of nitrogens with one attached hydrogen (secondary N) is 1. The first-order valence-corrected chi connectivity index (χ1v) is 8.22. The molecule has 1 fully saturated rings. The number of halogens is 2. The Balaban J connectivity index is 1.90. The average molecular weight is 318 g/mol. The Hall–Kier alpha value is -1.54. The molecule has 1 aliphatic heterocycles. The first kappa shape index (κ1) is 15.8. The monoisotopic (exact) mass is 318 g/mol. The Bertz CT molecular complexity index is 634. The molecule has 116 valence electrons. The summed E-state index contributed by atoms with van der Waals surface area (Å²) in [5, 5.41) is 2.30. The first-order valence-electron chi connectivity index (χ1n) is 6.61. The van der Waals surface area contributed by atoms with Crippen LogP contribution in [0.4, 0.5) is 14.5 Å². The summed E-state index contributed by atoms with van der Waals surface area (Å²) in [6.45, 7) is 0.470. The molecule has 5 nitrogen and oxygen atoms in total. The first-order chi connectivity index (χ1) is 9.88. The van der Waals surface area contributed by atoms with Gasteiger partial charge in [0.1, 0.15) is 11.6 Å². The van der Waals surface area contributed by atoms with Crippen molar-refractivity contribution in [3.05, 3.63) is 29.8 Å². The van der Waals surface area contributed by atoms with Gasteiger partial charge in [0.15, 0.2) is 0 Å². The maximum atomic E-state index is 13.4. The Morgan fingerprint density at radius 1 is 1.29 bits per heavy atom. The lowest BCUT2D eigenvalue weighted by Gasteiger charge is -2.25. The van der Waals surface area contributed by atoms with Gasteiger partial charge in [0.25, 0.3) is 0 Å². The highest BCUT2D eigenvalue weighted by molar-refractivity contribution is 7.89. The Morgan fingerprint density at radius 2 is 2.05 bits per heavy atom. The molecule has 21 heavy (non-hydrogen) atoms. The van der Waals surface area contributed by atoms with E-state index >= 15 is 0 Å². The number of amides is 1. The molecule has 1 N–H and O–H groups in total. The van der Waals surface area contributed by atoms with E-state index in [0.29, 0.717) is 19.0 Å². The van der Waals surface area contributed by atoms with E-state index in [1.807, 2.05) is 0 Å². The van der Waals surface area contributed by atoms with Crippen LogP contribution in [0.25, 0.3) is 0 Å². The van der Waals surface area contributed by atoms with Crippen molar-refractivity contribution in [2.75, 3.05) is 24.2 Å². The minimum absolute atomic E-state index is 0.0664. The van der Waals surface area contributed by atoms with Gasteiger partial charge < -0.3 is 5.32 Å². The number of carbonyl (C=O) groups excluding carboxylic acids is 1. The second-order valence-corrected chi connectivity index (χ2v) is 6.93. The second-order valence-electron chi connectivity index (χ2n) is 4.84. The zero-order chi connectivity index (χ0) is 15.5. The van der Waals surface area contributed by atoms with E-state index in [9.17, 15) is 22.0 Å². The predicted octanol–water partition coefficient (Wildman–Crippen LogP) is 1.72. The molecule has 1 aliphatic rings. The number of carbonyl (C=O) groups is 1. The van der Waals surface area contributed by atoms with Gasteiger partial charge in [-0.05, 0) is 25.0 Å². The van der Waals surface area contributed by atoms with E-state index in [2.05, 4.69) is 5.32 Å². The zero-order valence-electron chi connectivity index (χ0n) is 11.3. The largest absolute Gasteiger partial charge is 0.324 e. The number of anilines is 1. The standard InChI is InChI=1S/C13H16F2N2O3S/c14-10-3-4-12(11(15)9-10)16-13(18)5-7-17-6-1-2-8-21(17,19)20/h3-4,9H,1-2,5-8H2,(H,16,18). The minimum atomic E-state index is -3.28. The summed E-state index contributed by atoms with van der Waals surface area (Å²) in [5.41, 5.74) is -0.122. The number of sulfonamides is 1.